The van der Waals surface area contributed by atoms with Crippen molar-refractivity contribution in [3.05, 3.63) is 0 Å². The summed E-state index contributed by atoms with van der Waals surface area (Å²) in [6.07, 6.45) is 1.75. The van der Waals surface area contributed by atoms with Crippen LogP contribution >= 0.6 is 0 Å². The summed E-state index contributed by atoms with van der Waals surface area (Å²) >= 11 is 0. The van der Waals surface area contributed by atoms with E-state index in [9.17, 15) is 14.4 Å². The Labute approximate surface area is 149 Å². The van der Waals surface area contributed by atoms with Crippen LogP contribution < -0.4 is 5.32 Å². The van der Waals surface area contributed by atoms with Crippen LogP contribution in [0, 0.1) is 5.41 Å². The lowest BCUT2D eigenvalue weighted by Crippen LogP contribution is -2.54. The van der Waals surface area contributed by atoms with E-state index < -0.39 is 5.41 Å². The molecule has 0 aromatic rings. The summed E-state index contributed by atoms with van der Waals surface area (Å²) in [5.41, 5.74) is -0.871. The maximum absolute atomic E-state index is 12.8. The van der Waals surface area contributed by atoms with Gasteiger partial charge in [-0.2, -0.15) is 0 Å². The third kappa shape index (κ3) is 4.84. The molecule has 1 N–H and O–H groups in total. The van der Waals surface area contributed by atoms with Crippen LogP contribution in [0.3, 0.4) is 0 Å². The lowest BCUT2D eigenvalue weighted by Gasteiger charge is -2.35. The molecule has 3 amide bonds. The van der Waals surface area contributed by atoms with Crippen molar-refractivity contribution >= 4 is 17.9 Å². The van der Waals surface area contributed by atoms with Gasteiger partial charge in [-0.1, -0.05) is 0 Å². The van der Waals surface area contributed by atoms with Crippen LogP contribution in [0.2, 0.25) is 0 Å². The van der Waals surface area contributed by atoms with Crippen molar-refractivity contribution in [1.29, 1.82) is 0 Å². The molecule has 0 unspecified atom stereocenters. The van der Waals surface area contributed by atoms with Gasteiger partial charge in [-0.25, -0.2) is 4.79 Å². The highest BCUT2D eigenvalue weighted by molar-refractivity contribution is 6.07. The fourth-order valence-electron chi connectivity index (χ4n) is 3.04. The highest BCUT2D eigenvalue weighted by Crippen LogP contribution is 2.47. The summed E-state index contributed by atoms with van der Waals surface area (Å²) in [7, 11) is 3.98. The molecule has 142 valence electrons. The number of ether oxygens (including phenoxy) is 1. The zero-order valence-electron chi connectivity index (χ0n) is 15.5. The Morgan fingerprint density at radius 1 is 1.08 bits per heavy atom. The summed E-state index contributed by atoms with van der Waals surface area (Å²) in [5, 5.41) is 2.91. The molecule has 0 aromatic carbocycles. The van der Waals surface area contributed by atoms with E-state index in [0.717, 1.165) is 13.0 Å². The number of rotatable bonds is 7. The van der Waals surface area contributed by atoms with Gasteiger partial charge < -0.3 is 24.8 Å². The number of carbonyl (C=O) groups is 3. The number of nitrogens with zero attached hydrogens (tertiary/aromatic N) is 3. The van der Waals surface area contributed by atoms with Crippen molar-refractivity contribution in [3.8, 4) is 0 Å². The molecule has 0 radical (unpaired) electrons. The minimum absolute atomic E-state index is 0.0962. The first-order chi connectivity index (χ1) is 11.9. The highest BCUT2D eigenvalue weighted by Gasteiger charge is 2.58. The van der Waals surface area contributed by atoms with Crippen LogP contribution in [0.5, 0.6) is 0 Å². The fraction of sp³-hybridized carbons (Fsp3) is 0.824. The van der Waals surface area contributed by atoms with Gasteiger partial charge in [0.15, 0.2) is 0 Å². The number of nitrogens with one attached hydrogen (secondary N) is 1. The second-order valence-corrected chi connectivity index (χ2v) is 6.97. The zero-order chi connectivity index (χ0) is 18.4. The van der Waals surface area contributed by atoms with Crippen LogP contribution in [0.1, 0.15) is 26.2 Å². The number of hydrogen-bond donors (Lipinski definition) is 1. The third-order valence-electron chi connectivity index (χ3n) is 4.75. The van der Waals surface area contributed by atoms with E-state index in [2.05, 4.69) is 10.2 Å². The summed E-state index contributed by atoms with van der Waals surface area (Å²) in [6, 6.07) is 0. The molecule has 8 nitrogen and oxygen atoms in total. The minimum atomic E-state index is -0.871. The van der Waals surface area contributed by atoms with Crippen LogP contribution in [-0.4, -0.2) is 92.6 Å². The second kappa shape index (κ2) is 8.51. The number of amides is 3. The first kappa shape index (κ1) is 19.5. The van der Waals surface area contributed by atoms with Crippen molar-refractivity contribution in [2.75, 3.05) is 60.0 Å². The molecule has 8 heteroatoms. The summed E-state index contributed by atoms with van der Waals surface area (Å²) in [5.74, 6) is -0.245. The number of piperazine rings is 1. The molecule has 0 bridgehead atoms. The monoisotopic (exact) mass is 354 g/mol. The second-order valence-electron chi connectivity index (χ2n) is 6.97. The minimum Gasteiger partial charge on any atom is -0.450 e. The number of hydrogen-bond acceptors (Lipinski definition) is 5. The van der Waals surface area contributed by atoms with Crippen LogP contribution in [0.15, 0.2) is 0 Å². The van der Waals surface area contributed by atoms with Gasteiger partial charge in [0.2, 0.25) is 11.8 Å². The highest BCUT2D eigenvalue weighted by atomic mass is 16.6. The van der Waals surface area contributed by atoms with Gasteiger partial charge >= 0.3 is 6.09 Å². The Morgan fingerprint density at radius 2 is 1.68 bits per heavy atom. The molecular formula is C17H30N4O4. The lowest BCUT2D eigenvalue weighted by molar-refractivity contribution is -0.145. The van der Waals surface area contributed by atoms with Crippen molar-refractivity contribution in [3.63, 3.8) is 0 Å². The summed E-state index contributed by atoms with van der Waals surface area (Å²) in [6.45, 7) is 5.40. The van der Waals surface area contributed by atoms with Gasteiger partial charge in [0, 0.05) is 32.7 Å². The van der Waals surface area contributed by atoms with Crippen molar-refractivity contribution in [2.24, 2.45) is 5.41 Å². The van der Waals surface area contributed by atoms with Gasteiger partial charge in [-0.15, -0.1) is 0 Å². The molecule has 1 saturated heterocycles. The van der Waals surface area contributed by atoms with E-state index in [1.807, 2.05) is 14.1 Å². The molecule has 2 fully saturated rings. The molecule has 0 spiro atoms. The van der Waals surface area contributed by atoms with Gasteiger partial charge in [-0.05, 0) is 46.8 Å². The first-order valence-electron chi connectivity index (χ1n) is 9.05. The summed E-state index contributed by atoms with van der Waals surface area (Å²) in [4.78, 5) is 42.3. The van der Waals surface area contributed by atoms with E-state index in [4.69, 9.17) is 4.74 Å². The van der Waals surface area contributed by atoms with E-state index in [1.54, 1.807) is 16.7 Å². The predicted octanol–water partition coefficient (Wildman–Crippen LogP) is 0.135. The Bertz CT molecular complexity index is 497. The maximum atomic E-state index is 12.8. The summed E-state index contributed by atoms with van der Waals surface area (Å²) < 4.78 is 4.98. The molecule has 2 aliphatic rings. The molecule has 0 atom stereocenters. The molecule has 25 heavy (non-hydrogen) atoms. The predicted molar refractivity (Wildman–Crippen MR) is 93.0 cm³/mol. The van der Waals surface area contributed by atoms with Gasteiger partial charge in [0.1, 0.15) is 5.41 Å². The standard InChI is InChI=1S/C17H30N4O4/c1-4-25-16(24)21-12-10-20(11-13-21)15(23)17(6-7-17)14(22)18-8-5-9-19(2)3/h4-13H2,1-3H3,(H,18,22). The largest absolute Gasteiger partial charge is 0.450 e. The topological polar surface area (TPSA) is 82.2 Å². The SMILES string of the molecule is CCOC(=O)N1CCN(C(=O)C2(C(=O)NCCCN(C)C)CC2)CC1. The smallest absolute Gasteiger partial charge is 0.409 e. The average Bonchev–Trinajstić information content (AvgIpc) is 3.40. The van der Waals surface area contributed by atoms with E-state index in [-0.39, 0.29) is 17.9 Å². The van der Waals surface area contributed by atoms with Gasteiger partial charge in [0.25, 0.3) is 0 Å². The van der Waals surface area contributed by atoms with Crippen molar-refractivity contribution < 1.29 is 19.1 Å². The van der Waals surface area contributed by atoms with Crippen LogP contribution in [-0.2, 0) is 14.3 Å². The molecule has 0 aromatic heterocycles. The third-order valence-corrected chi connectivity index (χ3v) is 4.75. The van der Waals surface area contributed by atoms with Crippen LogP contribution in [0.4, 0.5) is 4.79 Å². The maximum Gasteiger partial charge on any atom is 0.409 e. The molecule has 1 aliphatic heterocycles. The Morgan fingerprint density at radius 3 is 2.20 bits per heavy atom. The van der Waals surface area contributed by atoms with E-state index in [1.165, 1.54) is 0 Å². The van der Waals surface area contributed by atoms with Crippen LogP contribution in [0.25, 0.3) is 0 Å². The van der Waals surface area contributed by atoms with Gasteiger partial charge in [0.05, 0.1) is 6.61 Å². The molecule has 1 aliphatic carbocycles. The molecule has 1 heterocycles. The fourth-order valence-corrected chi connectivity index (χ4v) is 3.04. The normalized spacial score (nSPS) is 18.9. The van der Waals surface area contributed by atoms with E-state index in [0.29, 0.717) is 52.2 Å². The van der Waals surface area contributed by atoms with Gasteiger partial charge in [-0.3, -0.25) is 9.59 Å². The lowest BCUT2D eigenvalue weighted by atomic mass is 10.0. The Balaban J connectivity index is 1.80. The van der Waals surface area contributed by atoms with E-state index >= 15 is 0 Å². The molecule has 1 saturated carbocycles. The first-order valence-corrected chi connectivity index (χ1v) is 9.05. The number of carbonyl (C=O) groups excluding carboxylic acids is 3. The molecular weight excluding hydrogens is 324 g/mol. The van der Waals surface area contributed by atoms with Crippen molar-refractivity contribution in [1.82, 2.24) is 20.0 Å². The Hall–Kier alpha value is -1.83. The quantitative estimate of drug-likeness (QED) is 0.519. The Kier molecular flexibility index (Phi) is 6.64. The van der Waals surface area contributed by atoms with Crippen molar-refractivity contribution in [2.45, 2.75) is 26.2 Å². The zero-order valence-corrected chi connectivity index (χ0v) is 15.5. The molecule has 2 rings (SSSR count). The average molecular weight is 354 g/mol.